The van der Waals surface area contributed by atoms with Gasteiger partial charge in [0.05, 0.1) is 22.6 Å². The minimum atomic E-state index is -0.693. The fourth-order valence-corrected chi connectivity index (χ4v) is 2.86. The van der Waals surface area contributed by atoms with E-state index in [0.717, 1.165) is 18.8 Å². The van der Waals surface area contributed by atoms with Crippen LogP contribution in [0.1, 0.15) is 0 Å². The molecule has 1 aliphatic rings. The number of halogens is 2. The zero-order chi connectivity index (χ0) is 17.1. The molecule has 6 nitrogen and oxygen atoms in total. The van der Waals surface area contributed by atoms with E-state index < -0.39 is 10.7 Å². The summed E-state index contributed by atoms with van der Waals surface area (Å²) in [6.45, 7) is 3.02. The van der Waals surface area contributed by atoms with E-state index in [2.05, 4.69) is 26.1 Å². The van der Waals surface area contributed by atoms with Gasteiger partial charge in [0.15, 0.2) is 11.5 Å². The van der Waals surface area contributed by atoms with Crippen molar-refractivity contribution in [1.29, 1.82) is 0 Å². The van der Waals surface area contributed by atoms with E-state index in [4.69, 9.17) is 4.74 Å². The molecule has 126 valence electrons. The molecule has 1 N–H and O–H groups in total. The van der Waals surface area contributed by atoms with Crippen molar-refractivity contribution < 1.29 is 14.1 Å². The number of benzene rings is 2. The summed E-state index contributed by atoms with van der Waals surface area (Å²) < 4.78 is 19.7. The van der Waals surface area contributed by atoms with Crippen LogP contribution in [0.25, 0.3) is 0 Å². The zero-order valence-corrected chi connectivity index (χ0v) is 14.3. The first-order valence-electron chi connectivity index (χ1n) is 7.38. The Labute approximate surface area is 146 Å². The maximum absolute atomic E-state index is 14.2. The van der Waals surface area contributed by atoms with Gasteiger partial charge < -0.3 is 15.0 Å². The van der Waals surface area contributed by atoms with Crippen LogP contribution in [0.2, 0.25) is 0 Å². The van der Waals surface area contributed by atoms with Crippen molar-refractivity contribution in [1.82, 2.24) is 0 Å². The van der Waals surface area contributed by atoms with Gasteiger partial charge in [-0.05, 0) is 46.3 Å². The standard InChI is InChI=1S/C16H15BrFN3O3/c17-13-5-6-14(21(22)23)16(15(13)18)19-11-1-3-12(4-2-11)20-7-9-24-10-8-20/h1-6,19H,7-10H2. The van der Waals surface area contributed by atoms with Gasteiger partial charge in [0.2, 0.25) is 0 Å². The first-order valence-corrected chi connectivity index (χ1v) is 8.18. The molecule has 1 fully saturated rings. The Kier molecular flexibility index (Phi) is 4.96. The summed E-state index contributed by atoms with van der Waals surface area (Å²) in [5.41, 5.74) is 1.14. The molecule has 0 spiro atoms. The lowest BCUT2D eigenvalue weighted by Crippen LogP contribution is -2.36. The summed E-state index contributed by atoms with van der Waals surface area (Å²) in [5.74, 6) is -0.693. The summed E-state index contributed by atoms with van der Waals surface area (Å²) in [5, 5.41) is 13.9. The molecule has 2 aromatic carbocycles. The number of hydrogen-bond donors (Lipinski definition) is 1. The topological polar surface area (TPSA) is 67.6 Å². The van der Waals surface area contributed by atoms with E-state index in [1.807, 2.05) is 12.1 Å². The molecule has 0 aromatic heterocycles. The Bertz CT molecular complexity index is 749. The molecular formula is C16H15BrFN3O3. The lowest BCUT2D eigenvalue weighted by atomic mass is 10.2. The molecule has 0 radical (unpaired) electrons. The lowest BCUT2D eigenvalue weighted by molar-refractivity contribution is -0.384. The highest BCUT2D eigenvalue weighted by molar-refractivity contribution is 9.10. The molecular weight excluding hydrogens is 381 g/mol. The van der Waals surface area contributed by atoms with E-state index in [9.17, 15) is 14.5 Å². The summed E-state index contributed by atoms with van der Waals surface area (Å²) >= 11 is 3.05. The van der Waals surface area contributed by atoms with Gasteiger partial charge in [0.25, 0.3) is 5.69 Å². The van der Waals surface area contributed by atoms with Crippen LogP contribution in [0.4, 0.5) is 27.1 Å². The number of nitro benzene ring substituents is 1. The van der Waals surface area contributed by atoms with Gasteiger partial charge >= 0.3 is 0 Å². The number of nitro groups is 1. The minimum absolute atomic E-state index is 0.159. The molecule has 2 aromatic rings. The molecule has 3 rings (SSSR count). The van der Waals surface area contributed by atoms with Gasteiger partial charge in [-0.3, -0.25) is 10.1 Å². The number of ether oxygens (including phenoxy) is 1. The fourth-order valence-electron chi connectivity index (χ4n) is 2.53. The Balaban J connectivity index is 1.84. The Morgan fingerprint density at radius 1 is 1.17 bits per heavy atom. The fraction of sp³-hybridized carbons (Fsp3) is 0.250. The maximum Gasteiger partial charge on any atom is 0.295 e. The molecule has 24 heavy (non-hydrogen) atoms. The first-order chi connectivity index (χ1) is 11.6. The van der Waals surface area contributed by atoms with Crippen LogP contribution in [0.3, 0.4) is 0 Å². The third-order valence-electron chi connectivity index (χ3n) is 3.78. The second kappa shape index (κ2) is 7.14. The Hall–Kier alpha value is -2.19. The van der Waals surface area contributed by atoms with Crippen molar-refractivity contribution in [2.75, 3.05) is 36.5 Å². The normalized spacial score (nSPS) is 14.5. The highest BCUT2D eigenvalue weighted by atomic mass is 79.9. The van der Waals surface area contributed by atoms with Crippen LogP contribution in [-0.4, -0.2) is 31.2 Å². The highest BCUT2D eigenvalue weighted by Crippen LogP contribution is 2.34. The van der Waals surface area contributed by atoms with Crippen LogP contribution in [0.15, 0.2) is 40.9 Å². The third kappa shape index (κ3) is 3.49. The van der Waals surface area contributed by atoms with Gasteiger partial charge in [0.1, 0.15) is 0 Å². The minimum Gasteiger partial charge on any atom is -0.378 e. The van der Waals surface area contributed by atoms with E-state index >= 15 is 0 Å². The molecule has 8 heteroatoms. The summed E-state index contributed by atoms with van der Waals surface area (Å²) in [6, 6.07) is 9.92. The average molecular weight is 396 g/mol. The molecule has 0 amide bonds. The van der Waals surface area contributed by atoms with Gasteiger partial charge in [-0.1, -0.05) is 0 Å². The third-order valence-corrected chi connectivity index (χ3v) is 4.39. The van der Waals surface area contributed by atoms with E-state index in [1.165, 1.54) is 12.1 Å². The number of rotatable bonds is 4. The summed E-state index contributed by atoms with van der Waals surface area (Å²) in [7, 11) is 0. The van der Waals surface area contributed by atoms with Crippen LogP contribution in [0.5, 0.6) is 0 Å². The molecule has 0 bridgehead atoms. The van der Waals surface area contributed by atoms with Crippen molar-refractivity contribution in [3.8, 4) is 0 Å². The molecule has 0 unspecified atom stereocenters. The second-order valence-electron chi connectivity index (χ2n) is 5.28. The van der Waals surface area contributed by atoms with Crippen molar-refractivity contribution in [3.05, 3.63) is 56.8 Å². The van der Waals surface area contributed by atoms with Gasteiger partial charge in [-0.2, -0.15) is 0 Å². The number of nitrogens with one attached hydrogen (secondary N) is 1. The lowest BCUT2D eigenvalue weighted by Gasteiger charge is -2.28. The number of morpholine rings is 1. The Morgan fingerprint density at radius 3 is 2.46 bits per heavy atom. The molecule has 1 saturated heterocycles. The predicted octanol–water partition coefficient (Wildman–Crippen LogP) is 4.08. The van der Waals surface area contributed by atoms with Gasteiger partial charge in [-0.15, -0.1) is 0 Å². The van der Waals surface area contributed by atoms with Gasteiger partial charge in [-0.25, -0.2) is 4.39 Å². The average Bonchev–Trinajstić information content (AvgIpc) is 2.60. The number of nitrogens with zero attached hydrogens (tertiary/aromatic N) is 2. The molecule has 1 aliphatic heterocycles. The number of anilines is 3. The first kappa shape index (κ1) is 16.7. The number of hydrogen-bond acceptors (Lipinski definition) is 5. The molecule has 1 heterocycles. The predicted molar refractivity (Wildman–Crippen MR) is 93.5 cm³/mol. The van der Waals surface area contributed by atoms with E-state index in [0.29, 0.717) is 18.9 Å². The van der Waals surface area contributed by atoms with Crippen LogP contribution >= 0.6 is 15.9 Å². The molecule has 0 saturated carbocycles. The van der Waals surface area contributed by atoms with E-state index in [-0.39, 0.29) is 15.8 Å². The SMILES string of the molecule is O=[N+]([O-])c1ccc(Br)c(F)c1Nc1ccc(N2CCOCC2)cc1. The van der Waals surface area contributed by atoms with Gasteiger partial charge in [0, 0.05) is 30.5 Å². The van der Waals surface area contributed by atoms with Crippen molar-refractivity contribution >= 4 is 38.7 Å². The van der Waals surface area contributed by atoms with Crippen LogP contribution in [-0.2, 0) is 4.74 Å². The largest absolute Gasteiger partial charge is 0.378 e. The van der Waals surface area contributed by atoms with Crippen molar-refractivity contribution in [2.45, 2.75) is 0 Å². The van der Waals surface area contributed by atoms with Crippen LogP contribution in [0, 0.1) is 15.9 Å². The van der Waals surface area contributed by atoms with E-state index in [1.54, 1.807) is 12.1 Å². The monoisotopic (exact) mass is 395 g/mol. The van der Waals surface area contributed by atoms with Crippen LogP contribution < -0.4 is 10.2 Å². The van der Waals surface area contributed by atoms with Crippen molar-refractivity contribution in [2.24, 2.45) is 0 Å². The zero-order valence-electron chi connectivity index (χ0n) is 12.7. The maximum atomic E-state index is 14.2. The second-order valence-corrected chi connectivity index (χ2v) is 6.14. The van der Waals surface area contributed by atoms with Crippen molar-refractivity contribution in [3.63, 3.8) is 0 Å². The smallest absolute Gasteiger partial charge is 0.295 e. The molecule has 0 atom stereocenters. The Morgan fingerprint density at radius 2 is 1.83 bits per heavy atom. The summed E-state index contributed by atoms with van der Waals surface area (Å²) in [6.07, 6.45) is 0. The highest BCUT2D eigenvalue weighted by Gasteiger charge is 2.21. The quantitative estimate of drug-likeness (QED) is 0.623. The molecule has 0 aliphatic carbocycles. The summed E-state index contributed by atoms with van der Waals surface area (Å²) in [4.78, 5) is 12.7.